The molecular weight excluding hydrogens is 552 g/mol. The van der Waals surface area contributed by atoms with Gasteiger partial charge in [-0.05, 0) is 105 Å². The molecule has 2 aliphatic carbocycles. The standard InChI is InChI=1S/C30H37ClN2O6S/c31-22-7-9-25-19(13-22)3-1-11-30(25)17-33-16-21-5-8-24(21)27(35)15-23(34)4-2-12-40(37,38)32-29(36)20-6-10-28(39-18-30)26(33)14-20/h6-7,9-10,13-14,21,23-24,27,34-35H,1-5,8,11-12,15-18H2,(H,32,36)/t21-,23+,24+,27-,30-/m0/s1. The number of hydrogen-bond acceptors (Lipinski definition) is 7. The molecule has 10 heteroatoms. The summed E-state index contributed by atoms with van der Waals surface area (Å²) in [7, 11) is -3.88. The van der Waals surface area contributed by atoms with E-state index in [2.05, 4.69) is 21.8 Å². The molecule has 216 valence electrons. The van der Waals surface area contributed by atoms with Gasteiger partial charge in [-0.25, -0.2) is 13.1 Å². The third-order valence-electron chi connectivity index (χ3n) is 9.44. The maximum atomic E-state index is 13.1. The first-order valence-corrected chi connectivity index (χ1v) is 16.4. The molecule has 40 heavy (non-hydrogen) atoms. The minimum absolute atomic E-state index is 0.0544. The number of amides is 1. The Morgan fingerprint density at radius 1 is 1.07 bits per heavy atom. The van der Waals surface area contributed by atoms with Crippen LogP contribution < -0.4 is 14.4 Å². The second-order valence-electron chi connectivity index (χ2n) is 12.1. The van der Waals surface area contributed by atoms with Crippen molar-refractivity contribution in [3.05, 3.63) is 58.1 Å². The van der Waals surface area contributed by atoms with Gasteiger partial charge in [0.15, 0.2) is 0 Å². The van der Waals surface area contributed by atoms with Crippen molar-refractivity contribution < 1.29 is 28.2 Å². The summed E-state index contributed by atoms with van der Waals surface area (Å²) in [6, 6.07) is 11.2. The fourth-order valence-corrected chi connectivity index (χ4v) is 8.44. The second kappa shape index (κ2) is 10.8. The fraction of sp³-hybridized carbons (Fsp3) is 0.567. The smallest absolute Gasteiger partial charge is 0.264 e. The topological polar surface area (TPSA) is 116 Å². The summed E-state index contributed by atoms with van der Waals surface area (Å²) >= 11 is 6.36. The monoisotopic (exact) mass is 588 g/mol. The number of aryl methyl sites for hydroxylation is 1. The number of nitrogens with zero attached hydrogens (tertiary/aromatic N) is 1. The first kappa shape index (κ1) is 27.8. The van der Waals surface area contributed by atoms with Gasteiger partial charge in [0.1, 0.15) is 5.75 Å². The number of aliphatic hydroxyl groups is 2. The van der Waals surface area contributed by atoms with E-state index in [0.29, 0.717) is 25.4 Å². The van der Waals surface area contributed by atoms with Crippen LogP contribution >= 0.6 is 11.6 Å². The SMILES string of the molecule is O=C1NS(=O)(=O)CCC[C@@H](O)C[C@H](O)[C@@H]2CC[C@H]2CN2C[C@@]3(CCCc4cc(Cl)ccc43)COc3ccc1cc32. The summed E-state index contributed by atoms with van der Waals surface area (Å²) < 4.78 is 33.9. The minimum Gasteiger partial charge on any atom is -0.490 e. The van der Waals surface area contributed by atoms with E-state index in [1.807, 2.05) is 6.07 Å². The molecule has 3 N–H and O–H groups in total. The molecule has 1 amide bonds. The third-order valence-corrected chi connectivity index (χ3v) is 11.0. The number of ether oxygens (including phenoxy) is 1. The molecule has 0 unspecified atom stereocenters. The van der Waals surface area contributed by atoms with Crippen LogP contribution in [0.5, 0.6) is 5.75 Å². The molecule has 0 saturated heterocycles. The number of halogens is 1. The van der Waals surface area contributed by atoms with E-state index in [1.165, 1.54) is 11.1 Å². The lowest BCUT2D eigenvalue weighted by Gasteiger charge is -2.46. The molecule has 4 aliphatic rings. The molecule has 5 atom stereocenters. The lowest BCUT2D eigenvalue weighted by molar-refractivity contribution is -0.0174. The van der Waals surface area contributed by atoms with E-state index in [1.54, 1.807) is 18.2 Å². The number of hydrogen-bond donors (Lipinski definition) is 3. The van der Waals surface area contributed by atoms with Crippen molar-refractivity contribution in [2.75, 3.05) is 30.3 Å². The average Bonchev–Trinajstić information content (AvgIpc) is 3.02. The van der Waals surface area contributed by atoms with Gasteiger partial charge in [0.2, 0.25) is 10.0 Å². The van der Waals surface area contributed by atoms with Gasteiger partial charge in [-0.3, -0.25) is 4.79 Å². The molecule has 1 fully saturated rings. The Hall–Kier alpha value is -2.33. The highest BCUT2D eigenvalue weighted by atomic mass is 35.5. The van der Waals surface area contributed by atoms with Gasteiger partial charge >= 0.3 is 0 Å². The number of sulfonamides is 1. The Balaban J connectivity index is 1.40. The average molecular weight is 589 g/mol. The number of anilines is 1. The lowest BCUT2D eigenvalue weighted by atomic mass is 9.68. The number of carbonyl (C=O) groups is 1. The molecule has 2 heterocycles. The molecule has 2 aliphatic heterocycles. The largest absolute Gasteiger partial charge is 0.490 e. The zero-order valence-corrected chi connectivity index (χ0v) is 24.1. The third kappa shape index (κ3) is 5.45. The van der Waals surface area contributed by atoms with Crippen LogP contribution in [-0.4, -0.2) is 62.2 Å². The van der Waals surface area contributed by atoms with Crippen LogP contribution in [0.3, 0.4) is 0 Å². The van der Waals surface area contributed by atoms with Crippen molar-refractivity contribution in [3.63, 3.8) is 0 Å². The Labute approximate surface area is 240 Å². The number of nitrogens with one attached hydrogen (secondary N) is 1. The first-order valence-electron chi connectivity index (χ1n) is 14.3. The van der Waals surface area contributed by atoms with E-state index < -0.39 is 28.1 Å². The van der Waals surface area contributed by atoms with E-state index in [4.69, 9.17) is 16.3 Å². The fourth-order valence-electron chi connectivity index (χ4n) is 7.20. The quantitative estimate of drug-likeness (QED) is 0.429. The van der Waals surface area contributed by atoms with Crippen molar-refractivity contribution in [1.82, 2.24) is 4.72 Å². The molecule has 0 radical (unpaired) electrons. The van der Waals surface area contributed by atoms with Crippen molar-refractivity contribution in [1.29, 1.82) is 0 Å². The van der Waals surface area contributed by atoms with Gasteiger partial charge < -0.3 is 19.8 Å². The molecular formula is C30H37ClN2O6S. The van der Waals surface area contributed by atoms with Crippen LogP contribution in [0.1, 0.15) is 66.4 Å². The summed E-state index contributed by atoms with van der Waals surface area (Å²) in [5, 5.41) is 22.3. The van der Waals surface area contributed by atoms with Crippen LogP contribution in [0.2, 0.25) is 5.02 Å². The molecule has 2 aromatic carbocycles. The van der Waals surface area contributed by atoms with Gasteiger partial charge in [-0.1, -0.05) is 17.7 Å². The van der Waals surface area contributed by atoms with Crippen molar-refractivity contribution in [3.8, 4) is 5.75 Å². The Kier molecular flexibility index (Phi) is 7.52. The van der Waals surface area contributed by atoms with Gasteiger partial charge in [0.05, 0.1) is 30.3 Å². The predicted octanol–water partition coefficient (Wildman–Crippen LogP) is 3.80. The number of fused-ring (bicyclic) bond motifs is 4. The molecule has 2 aromatic rings. The van der Waals surface area contributed by atoms with E-state index >= 15 is 0 Å². The highest BCUT2D eigenvalue weighted by Crippen LogP contribution is 2.47. The minimum atomic E-state index is -3.88. The summed E-state index contributed by atoms with van der Waals surface area (Å²) in [6.45, 7) is 1.82. The first-order chi connectivity index (χ1) is 19.1. The normalized spacial score (nSPS) is 32.1. The summed E-state index contributed by atoms with van der Waals surface area (Å²) in [5.74, 6) is -0.0123. The van der Waals surface area contributed by atoms with Crippen LogP contribution in [0.4, 0.5) is 5.69 Å². The highest BCUT2D eigenvalue weighted by molar-refractivity contribution is 7.90. The summed E-state index contributed by atoms with van der Waals surface area (Å²) in [6.07, 6.45) is 3.99. The summed E-state index contributed by atoms with van der Waals surface area (Å²) in [4.78, 5) is 15.4. The zero-order chi connectivity index (χ0) is 28.1. The summed E-state index contributed by atoms with van der Waals surface area (Å²) in [5.41, 5.74) is 3.20. The maximum Gasteiger partial charge on any atom is 0.264 e. The highest BCUT2D eigenvalue weighted by Gasteiger charge is 2.44. The predicted molar refractivity (Wildman–Crippen MR) is 154 cm³/mol. The lowest BCUT2D eigenvalue weighted by Crippen LogP contribution is -2.50. The molecule has 1 saturated carbocycles. The maximum absolute atomic E-state index is 13.1. The molecule has 8 nitrogen and oxygen atoms in total. The van der Waals surface area contributed by atoms with Crippen LogP contribution in [0.25, 0.3) is 0 Å². The second-order valence-corrected chi connectivity index (χ2v) is 14.4. The van der Waals surface area contributed by atoms with E-state index in [-0.39, 0.29) is 47.8 Å². The number of aliphatic hydroxyl groups excluding tert-OH is 2. The number of rotatable bonds is 0. The zero-order valence-electron chi connectivity index (χ0n) is 22.5. The number of benzene rings is 2. The van der Waals surface area contributed by atoms with Gasteiger partial charge in [-0.2, -0.15) is 0 Å². The molecule has 6 rings (SSSR count). The van der Waals surface area contributed by atoms with Crippen LogP contribution in [0.15, 0.2) is 36.4 Å². The Bertz CT molecular complexity index is 1400. The molecule has 2 bridgehead atoms. The van der Waals surface area contributed by atoms with Crippen molar-refractivity contribution in [2.45, 2.75) is 69.0 Å². The molecule has 0 aromatic heterocycles. The van der Waals surface area contributed by atoms with E-state index in [0.717, 1.165) is 42.8 Å². The molecule has 1 spiro atoms. The van der Waals surface area contributed by atoms with Crippen LogP contribution in [-0.2, 0) is 21.9 Å². The number of carbonyl (C=O) groups excluding carboxylic acids is 1. The van der Waals surface area contributed by atoms with Gasteiger partial charge in [-0.15, -0.1) is 0 Å². The van der Waals surface area contributed by atoms with E-state index in [9.17, 15) is 23.4 Å². The van der Waals surface area contributed by atoms with Crippen molar-refractivity contribution in [2.24, 2.45) is 11.8 Å². The van der Waals surface area contributed by atoms with Gasteiger partial charge in [0.25, 0.3) is 5.91 Å². The van der Waals surface area contributed by atoms with Gasteiger partial charge in [0, 0.05) is 29.1 Å². The van der Waals surface area contributed by atoms with Crippen molar-refractivity contribution >= 4 is 33.2 Å². The van der Waals surface area contributed by atoms with Crippen LogP contribution in [0, 0.1) is 11.8 Å². The Morgan fingerprint density at radius 2 is 1.93 bits per heavy atom. The Morgan fingerprint density at radius 3 is 2.73 bits per heavy atom.